The molecule has 1 saturated heterocycles. The van der Waals surface area contributed by atoms with E-state index in [4.69, 9.17) is 5.73 Å². The number of carbonyl (C=O) groups excluding carboxylic acids is 2. The molecule has 1 aromatic carbocycles. The van der Waals surface area contributed by atoms with Crippen molar-refractivity contribution in [1.82, 2.24) is 0 Å². The number of nitrogens with zero attached hydrogens (tertiary/aromatic N) is 1. The monoisotopic (exact) mass is 250 g/mol. The third-order valence-electron chi connectivity index (χ3n) is 3.17. The van der Waals surface area contributed by atoms with E-state index in [0.29, 0.717) is 25.2 Å². The summed E-state index contributed by atoms with van der Waals surface area (Å²) >= 11 is 0. The number of nitrogens with two attached hydrogens (primary N) is 1. The van der Waals surface area contributed by atoms with E-state index < -0.39 is 5.82 Å². The van der Waals surface area contributed by atoms with Gasteiger partial charge in [0.05, 0.1) is 5.69 Å². The molecule has 1 aromatic rings. The van der Waals surface area contributed by atoms with Crippen molar-refractivity contribution in [3.63, 3.8) is 0 Å². The van der Waals surface area contributed by atoms with Crippen molar-refractivity contribution in [3.05, 3.63) is 29.6 Å². The van der Waals surface area contributed by atoms with Crippen LogP contribution in [0.15, 0.2) is 18.2 Å². The van der Waals surface area contributed by atoms with Gasteiger partial charge in [-0.1, -0.05) is 0 Å². The quantitative estimate of drug-likeness (QED) is 0.823. The van der Waals surface area contributed by atoms with E-state index in [9.17, 15) is 14.0 Å². The third kappa shape index (κ3) is 2.26. The van der Waals surface area contributed by atoms with Crippen LogP contribution in [0.1, 0.15) is 23.7 Å². The van der Waals surface area contributed by atoms with Gasteiger partial charge in [0.15, 0.2) is 5.78 Å². The standard InChI is InChI=1S/C13H15FN2O2/c1-8(17)11-5-10(14)2-3-12(11)16-7-9(6-15)4-13(16)18/h2-3,5,9H,4,6-7,15H2,1H3. The van der Waals surface area contributed by atoms with E-state index in [2.05, 4.69) is 0 Å². The number of Topliss-reactive ketones (excluding diaryl/α,β-unsaturated/α-hetero) is 1. The Morgan fingerprint density at radius 3 is 2.83 bits per heavy atom. The molecule has 0 spiro atoms. The van der Waals surface area contributed by atoms with E-state index in [0.717, 1.165) is 0 Å². The van der Waals surface area contributed by atoms with E-state index in [-0.39, 0.29) is 23.2 Å². The summed E-state index contributed by atoms with van der Waals surface area (Å²) in [6, 6.07) is 3.90. The van der Waals surface area contributed by atoms with Gasteiger partial charge in [-0.25, -0.2) is 4.39 Å². The molecule has 1 atom stereocenters. The summed E-state index contributed by atoms with van der Waals surface area (Å²) in [5, 5.41) is 0. The maximum absolute atomic E-state index is 13.2. The van der Waals surface area contributed by atoms with Gasteiger partial charge in [0.1, 0.15) is 5.82 Å². The molecule has 1 unspecified atom stereocenters. The first-order valence-electron chi connectivity index (χ1n) is 5.84. The second kappa shape index (κ2) is 4.86. The molecule has 1 heterocycles. The first kappa shape index (κ1) is 12.7. The lowest BCUT2D eigenvalue weighted by atomic mass is 10.1. The minimum atomic E-state index is -0.481. The first-order chi connectivity index (χ1) is 8.52. The zero-order chi connectivity index (χ0) is 13.3. The molecule has 0 aromatic heterocycles. The molecule has 0 aliphatic carbocycles. The van der Waals surface area contributed by atoms with Crippen LogP contribution >= 0.6 is 0 Å². The second-order valence-corrected chi connectivity index (χ2v) is 4.53. The number of ketones is 1. The Morgan fingerprint density at radius 2 is 2.28 bits per heavy atom. The van der Waals surface area contributed by atoms with Crippen molar-refractivity contribution in [2.24, 2.45) is 11.7 Å². The van der Waals surface area contributed by atoms with Crippen LogP contribution in [0.2, 0.25) is 0 Å². The van der Waals surface area contributed by atoms with Crippen LogP contribution in [0.4, 0.5) is 10.1 Å². The molecular weight excluding hydrogens is 235 g/mol. The fourth-order valence-electron chi connectivity index (χ4n) is 2.20. The Morgan fingerprint density at radius 1 is 1.56 bits per heavy atom. The average Bonchev–Trinajstić information content (AvgIpc) is 2.70. The lowest BCUT2D eigenvalue weighted by Gasteiger charge is -2.19. The van der Waals surface area contributed by atoms with Crippen molar-refractivity contribution in [2.75, 3.05) is 18.0 Å². The smallest absolute Gasteiger partial charge is 0.227 e. The van der Waals surface area contributed by atoms with Crippen LogP contribution in [0.3, 0.4) is 0 Å². The van der Waals surface area contributed by atoms with E-state index in [1.165, 1.54) is 30.0 Å². The largest absolute Gasteiger partial charge is 0.330 e. The summed E-state index contributed by atoms with van der Waals surface area (Å²) in [6.07, 6.45) is 0.380. The second-order valence-electron chi connectivity index (χ2n) is 4.53. The summed E-state index contributed by atoms with van der Waals surface area (Å²) in [7, 11) is 0. The molecule has 2 rings (SSSR count). The van der Waals surface area contributed by atoms with E-state index >= 15 is 0 Å². The summed E-state index contributed by atoms with van der Waals surface area (Å²) in [5.41, 5.74) is 6.27. The number of rotatable bonds is 3. The lowest BCUT2D eigenvalue weighted by Crippen LogP contribution is -2.27. The van der Waals surface area contributed by atoms with Gasteiger partial charge in [-0.15, -0.1) is 0 Å². The van der Waals surface area contributed by atoms with Crippen molar-refractivity contribution in [3.8, 4) is 0 Å². The number of amides is 1. The van der Waals surface area contributed by atoms with Crippen LogP contribution in [-0.4, -0.2) is 24.8 Å². The average molecular weight is 250 g/mol. The zero-order valence-corrected chi connectivity index (χ0v) is 10.1. The van der Waals surface area contributed by atoms with Gasteiger partial charge in [-0.05, 0) is 37.6 Å². The van der Waals surface area contributed by atoms with Crippen LogP contribution in [0.25, 0.3) is 0 Å². The Labute approximate surface area is 105 Å². The molecule has 18 heavy (non-hydrogen) atoms. The minimum Gasteiger partial charge on any atom is -0.330 e. The molecular formula is C13H15FN2O2. The summed E-state index contributed by atoms with van der Waals surface area (Å²) in [5.74, 6) is -0.707. The topological polar surface area (TPSA) is 63.4 Å². The molecule has 1 amide bonds. The number of hydrogen-bond donors (Lipinski definition) is 1. The van der Waals surface area contributed by atoms with Gasteiger partial charge in [0, 0.05) is 18.5 Å². The summed E-state index contributed by atoms with van der Waals surface area (Å²) < 4.78 is 13.2. The maximum atomic E-state index is 13.2. The number of hydrogen-bond acceptors (Lipinski definition) is 3. The predicted octanol–water partition coefficient (Wildman–Crippen LogP) is 1.34. The highest BCUT2D eigenvalue weighted by molar-refractivity contribution is 6.05. The molecule has 0 bridgehead atoms. The lowest BCUT2D eigenvalue weighted by molar-refractivity contribution is -0.117. The predicted molar refractivity (Wildman–Crippen MR) is 65.9 cm³/mol. The Bertz CT molecular complexity index is 502. The number of carbonyl (C=O) groups is 2. The first-order valence-corrected chi connectivity index (χ1v) is 5.84. The van der Waals surface area contributed by atoms with Gasteiger partial charge < -0.3 is 10.6 Å². The van der Waals surface area contributed by atoms with Gasteiger partial charge in [0.2, 0.25) is 5.91 Å². The van der Waals surface area contributed by atoms with Crippen LogP contribution in [0.5, 0.6) is 0 Å². The molecule has 2 N–H and O–H groups in total. The molecule has 5 heteroatoms. The minimum absolute atomic E-state index is 0.0699. The van der Waals surface area contributed by atoms with Crippen molar-refractivity contribution in [1.29, 1.82) is 0 Å². The fraction of sp³-hybridized carbons (Fsp3) is 0.385. The van der Waals surface area contributed by atoms with Crippen LogP contribution in [0, 0.1) is 11.7 Å². The molecule has 0 radical (unpaired) electrons. The highest BCUT2D eigenvalue weighted by atomic mass is 19.1. The van der Waals surface area contributed by atoms with E-state index in [1.807, 2.05) is 0 Å². The third-order valence-corrected chi connectivity index (χ3v) is 3.17. The van der Waals surface area contributed by atoms with Gasteiger partial charge >= 0.3 is 0 Å². The molecule has 1 aliphatic rings. The van der Waals surface area contributed by atoms with Crippen molar-refractivity contribution < 1.29 is 14.0 Å². The maximum Gasteiger partial charge on any atom is 0.227 e. The Kier molecular flexibility index (Phi) is 3.43. The zero-order valence-electron chi connectivity index (χ0n) is 10.1. The van der Waals surface area contributed by atoms with Crippen LogP contribution < -0.4 is 10.6 Å². The van der Waals surface area contributed by atoms with Gasteiger partial charge in [0.25, 0.3) is 0 Å². The normalized spacial score (nSPS) is 19.4. The molecule has 0 saturated carbocycles. The molecule has 96 valence electrons. The highest BCUT2D eigenvalue weighted by Crippen LogP contribution is 2.28. The van der Waals surface area contributed by atoms with Crippen molar-refractivity contribution in [2.45, 2.75) is 13.3 Å². The molecule has 1 aliphatic heterocycles. The highest BCUT2D eigenvalue weighted by Gasteiger charge is 2.31. The number of halogens is 1. The Hall–Kier alpha value is -1.75. The van der Waals surface area contributed by atoms with Gasteiger partial charge in [-0.2, -0.15) is 0 Å². The fourth-order valence-corrected chi connectivity index (χ4v) is 2.20. The van der Waals surface area contributed by atoms with Gasteiger partial charge in [-0.3, -0.25) is 9.59 Å². The summed E-state index contributed by atoms with van der Waals surface area (Å²) in [4.78, 5) is 24.9. The number of anilines is 1. The Balaban J connectivity index is 2.39. The van der Waals surface area contributed by atoms with E-state index in [1.54, 1.807) is 0 Å². The number of benzene rings is 1. The summed E-state index contributed by atoms with van der Waals surface area (Å²) in [6.45, 7) is 2.28. The molecule has 4 nitrogen and oxygen atoms in total. The van der Waals surface area contributed by atoms with Crippen LogP contribution in [-0.2, 0) is 4.79 Å². The SMILES string of the molecule is CC(=O)c1cc(F)ccc1N1CC(CN)CC1=O. The van der Waals surface area contributed by atoms with Crippen molar-refractivity contribution >= 4 is 17.4 Å². The molecule has 1 fully saturated rings.